The van der Waals surface area contributed by atoms with E-state index >= 15 is 0 Å². The Bertz CT molecular complexity index is 494. The van der Waals surface area contributed by atoms with E-state index in [1.54, 1.807) is 18.2 Å². The van der Waals surface area contributed by atoms with Crippen molar-refractivity contribution in [2.45, 2.75) is 12.5 Å². The second-order valence-corrected chi connectivity index (χ2v) is 6.19. The molecule has 2 saturated heterocycles. The first-order valence-corrected chi connectivity index (χ1v) is 7.30. The van der Waals surface area contributed by atoms with Crippen molar-refractivity contribution in [2.24, 2.45) is 5.92 Å². The number of carbonyl (C=O) groups is 1. The van der Waals surface area contributed by atoms with Crippen molar-refractivity contribution < 1.29 is 4.79 Å². The topological polar surface area (TPSA) is 32.3 Å². The molecule has 1 aromatic rings. The van der Waals surface area contributed by atoms with Crippen LogP contribution >= 0.6 is 27.5 Å². The largest absolute Gasteiger partial charge is 0.334 e. The molecule has 3 rings (SSSR count). The molecule has 5 heteroatoms. The summed E-state index contributed by atoms with van der Waals surface area (Å²) in [5, 5.41) is 4.00. The van der Waals surface area contributed by atoms with Gasteiger partial charge in [-0.1, -0.05) is 11.6 Å². The standard InChI is InChI=1S/C13H14BrClN2O/c14-11-5-9(15)1-2-10(11)13(18)17-4-3-8-6-16-7-12(8)17/h1-2,5,8,12,16H,3-4,6-7H2/t8-,12+/m0/s1. The van der Waals surface area contributed by atoms with Crippen molar-refractivity contribution in [2.75, 3.05) is 19.6 Å². The van der Waals surface area contributed by atoms with Gasteiger partial charge in [0.2, 0.25) is 0 Å². The van der Waals surface area contributed by atoms with Crippen LogP contribution in [0.1, 0.15) is 16.8 Å². The van der Waals surface area contributed by atoms with Crippen LogP contribution in [0.15, 0.2) is 22.7 Å². The molecule has 0 aromatic heterocycles. The van der Waals surface area contributed by atoms with E-state index in [1.807, 2.05) is 4.90 Å². The van der Waals surface area contributed by atoms with Crippen LogP contribution in [0.2, 0.25) is 5.02 Å². The molecule has 1 amide bonds. The molecule has 0 spiro atoms. The van der Waals surface area contributed by atoms with Crippen LogP contribution in [0, 0.1) is 5.92 Å². The van der Waals surface area contributed by atoms with Gasteiger partial charge in [-0.25, -0.2) is 0 Å². The van der Waals surface area contributed by atoms with Gasteiger partial charge in [0.15, 0.2) is 0 Å². The maximum Gasteiger partial charge on any atom is 0.255 e. The van der Waals surface area contributed by atoms with Gasteiger partial charge in [-0.3, -0.25) is 4.79 Å². The summed E-state index contributed by atoms with van der Waals surface area (Å²) in [5.74, 6) is 0.731. The molecule has 0 bridgehead atoms. The Balaban J connectivity index is 1.86. The number of likely N-dealkylation sites (tertiary alicyclic amines) is 1. The number of hydrogen-bond donors (Lipinski definition) is 1. The Kier molecular flexibility index (Phi) is 3.34. The molecule has 0 saturated carbocycles. The van der Waals surface area contributed by atoms with Gasteiger partial charge in [0, 0.05) is 35.2 Å². The van der Waals surface area contributed by atoms with Gasteiger partial charge in [-0.05, 0) is 46.5 Å². The highest BCUT2D eigenvalue weighted by Gasteiger charge is 2.40. The third-order valence-electron chi connectivity index (χ3n) is 3.87. The van der Waals surface area contributed by atoms with E-state index in [-0.39, 0.29) is 5.91 Å². The molecule has 1 aromatic carbocycles. The number of benzene rings is 1. The number of nitrogens with zero attached hydrogens (tertiary/aromatic N) is 1. The number of carbonyl (C=O) groups excluding carboxylic acids is 1. The molecule has 2 fully saturated rings. The second kappa shape index (κ2) is 4.83. The molecule has 3 nitrogen and oxygen atoms in total. The van der Waals surface area contributed by atoms with Gasteiger partial charge >= 0.3 is 0 Å². The van der Waals surface area contributed by atoms with Gasteiger partial charge in [0.25, 0.3) is 5.91 Å². The van der Waals surface area contributed by atoms with E-state index in [0.717, 1.165) is 30.5 Å². The first-order valence-electron chi connectivity index (χ1n) is 6.13. The Hall–Kier alpha value is -0.580. The SMILES string of the molecule is O=C(c1ccc(Cl)cc1Br)N1CC[C@H]2CNC[C@H]21. The minimum atomic E-state index is 0.106. The van der Waals surface area contributed by atoms with E-state index in [0.29, 0.717) is 22.5 Å². The van der Waals surface area contributed by atoms with Gasteiger partial charge in [-0.15, -0.1) is 0 Å². The zero-order valence-corrected chi connectivity index (χ0v) is 12.2. The fraction of sp³-hybridized carbons (Fsp3) is 0.462. The van der Waals surface area contributed by atoms with Crippen molar-refractivity contribution in [3.8, 4) is 0 Å². The normalized spacial score (nSPS) is 26.4. The fourth-order valence-corrected chi connectivity index (χ4v) is 3.77. The molecule has 0 radical (unpaired) electrons. The number of rotatable bonds is 1. The molecule has 2 aliphatic rings. The zero-order chi connectivity index (χ0) is 12.7. The van der Waals surface area contributed by atoms with Crippen LogP contribution in [0.4, 0.5) is 0 Å². The summed E-state index contributed by atoms with van der Waals surface area (Å²) >= 11 is 9.33. The Morgan fingerprint density at radius 3 is 3.06 bits per heavy atom. The minimum absolute atomic E-state index is 0.106. The minimum Gasteiger partial charge on any atom is -0.334 e. The van der Waals surface area contributed by atoms with Crippen LogP contribution in [0.25, 0.3) is 0 Å². The highest BCUT2D eigenvalue weighted by Crippen LogP contribution is 2.30. The molecule has 96 valence electrons. The van der Waals surface area contributed by atoms with Crippen LogP contribution in [0.3, 0.4) is 0 Å². The quantitative estimate of drug-likeness (QED) is 0.859. The Labute approximate surface area is 120 Å². The molecule has 2 atom stereocenters. The van der Waals surface area contributed by atoms with Crippen molar-refractivity contribution >= 4 is 33.4 Å². The Morgan fingerprint density at radius 2 is 2.28 bits per heavy atom. The highest BCUT2D eigenvalue weighted by molar-refractivity contribution is 9.10. The number of nitrogens with one attached hydrogen (secondary N) is 1. The maximum absolute atomic E-state index is 12.5. The summed E-state index contributed by atoms with van der Waals surface area (Å²) in [6.07, 6.45) is 1.11. The average Bonchev–Trinajstić information content (AvgIpc) is 2.89. The third kappa shape index (κ3) is 2.06. The maximum atomic E-state index is 12.5. The molecule has 2 heterocycles. The van der Waals surface area contributed by atoms with E-state index in [4.69, 9.17) is 11.6 Å². The van der Waals surface area contributed by atoms with Gasteiger partial charge < -0.3 is 10.2 Å². The lowest BCUT2D eigenvalue weighted by molar-refractivity contribution is 0.0736. The average molecular weight is 330 g/mol. The van der Waals surface area contributed by atoms with Gasteiger partial charge in [0.1, 0.15) is 0 Å². The van der Waals surface area contributed by atoms with Crippen molar-refractivity contribution in [1.82, 2.24) is 10.2 Å². The van der Waals surface area contributed by atoms with Gasteiger partial charge in [-0.2, -0.15) is 0 Å². The molecule has 0 aliphatic carbocycles. The van der Waals surface area contributed by atoms with Crippen LogP contribution in [-0.2, 0) is 0 Å². The predicted molar refractivity (Wildman–Crippen MR) is 75.0 cm³/mol. The van der Waals surface area contributed by atoms with E-state index in [9.17, 15) is 4.79 Å². The van der Waals surface area contributed by atoms with Gasteiger partial charge in [0.05, 0.1) is 5.56 Å². The summed E-state index contributed by atoms with van der Waals surface area (Å²) < 4.78 is 0.773. The number of amides is 1. The smallest absolute Gasteiger partial charge is 0.255 e. The highest BCUT2D eigenvalue weighted by atomic mass is 79.9. The van der Waals surface area contributed by atoms with Crippen LogP contribution < -0.4 is 5.32 Å². The molecular weight excluding hydrogens is 316 g/mol. The molecular formula is C13H14BrClN2O. The van der Waals surface area contributed by atoms with Crippen molar-refractivity contribution in [3.05, 3.63) is 33.3 Å². The third-order valence-corrected chi connectivity index (χ3v) is 4.76. The summed E-state index contributed by atoms with van der Waals surface area (Å²) in [6.45, 7) is 2.82. The first kappa shape index (κ1) is 12.5. The van der Waals surface area contributed by atoms with E-state index < -0.39 is 0 Å². The lowest BCUT2D eigenvalue weighted by Gasteiger charge is -2.24. The number of fused-ring (bicyclic) bond motifs is 1. The monoisotopic (exact) mass is 328 g/mol. The lowest BCUT2D eigenvalue weighted by atomic mass is 10.0. The zero-order valence-electron chi connectivity index (χ0n) is 9.83. The second-order valence-electron chi connectivity index (χ2n) is 4.90. The van der Waals surface area contributed by atoms with E-state index in [2.05, 4.69) is 21.2 Å². The summed E-state index contributed by atoms with van der Waals surface area (Å²) in [5.41, 5.74) is 0.701. The molecule has 1 N–H and O–H groups in total. The summed E-state index contributed by atoms with van der Waals surface area (Å²) in [6, 6.07) is 5.69. The summed E-state index contributed by atoms with van der Waals surface area (Å²) in [7, 11) is 0. The number of halogens is 2. The predicted octanol–water partition coefficient (Wildman–Crippen LogP) is 2.54. The van der Waals surface area contributed by atoms with E-state index in [1.165, 1.54) is 0 Å². The van der Waals surface area contributed by atoms with Crippen molar-refractivity contribution in [3.63, 3.8) is 0 Å². The Morgan fingerprint density at radius 1 is 1.44 bits per heavy atom. The lowest BCUT2D eigenvalue weighted by Crippen LogP contribution is -2.39. The van der Waals surface area contributed by atoms with Crippen LogP contribution in [-0.4, -0.2) is 36.5 Å². The molecule has 18 heavy (non-hydrogen) atoms. The molecule has 0 unspecified atom stereocenters. The van der Waals surface area contributed by atoms with Crippen LogP contribution in [0.5, 0.6) is 0 Å². The number of hydrogen-bond acceptors (Lipinski definition) is 2. The van der Waals surface area contributed by atoms with Crippen molar-refractivity contribution in [1.29, 1.82) is 0 Å². The first-order chi connectivity index (χ1) is 8.66. The molecule has 2 aliphatic heterocycles. The summed E-state index contributed by atoms with van der Waals surface area (Å²) in [4.78, 5) is 14.5. The fourth-order valence-electron chi connectivity index (χ4n) is 2.92.